The molecule has 4 rings (SSSR count). The highest BCUT2D eigenvalue weighted by Crippen LogP contribution is 2.29. The highest BCUT2D eigenvalue weighted by molar-refractivity contribution is 5.74. The second-order valence-corrected chi connectivity index (χ2v) is 5.53. The molecule has 24 heavy (non-hydrogen) atoms. The zero-order valence-electron chi connectivity index (χ0n) is 12.6. The average Bonchev–Trinajstić information content (AvgIpc) is 3.03. The third kappa shape index (κ3) is 2.54. The summed E-state index contributed by atoms with van der Waals surface area (Å²) in [5, 5.41) is 8.46. The molecule has 118 valence electrons. The molecule has 0 aliphatic heterocycles. The molecule has 0 amide bonds. The van der Waals surface area contributed by atoms with Crippen molar-refractivity contribution in [2.45, 2.75) is 6.04 Å². The number of nitrogens with zero attached hydrogens (tertiary/aromatic N) is 3. The van der Waals surface area contributed by atoms with Crippen molar-refractivity contribution >= 4 is 11.0 Å². The first kappa shape index (κ1) is 14.5. The van der Waals surface area contributed by atoms with Gasteiger partial charge >= 0.3 is 0 Å². The zero-order chi connectivity index (χ0) is 16.5. The third-order valence-corrected chi connectivity index (χ3v) is 3.99. The van der Waals surface area contributed by atoms with Gasteiger partial charge in [-0.15, -0.1) is 5.10 Å². The lowest BCUT2D eigenvalue weighted by atomic mass is 9.98. The minimum atomic E-state index is -0.321. The summed E-state index contributed by atoms with van der Waals surface area (Å²) in [5.41, 5.74) is 3.32. The summed E-state index contributed by atoms with van der Waals surface area (Å²) in [5.74, 6) is -0.611. The fraction of sp³-hybridized carbons (Fsp3) is 0.0526. The van der Waals surface area contributed by atoms with Crippen molar-refractivity contribution in [3.63, 3.8) is 0 Å². The maximum absolute atomic E-state index is 13.3. The predicted octanol–water partition coefficient (Wildman–Crippen LogP) is 4.35. The Kier molecular flexibility index (Phi) is 3.54. The molecule has 0 spiro atoms. The molecule has 0 N–H and O–H groups in total. The van der Waals surface area contributed by atoms with Crippen LogP contribution < -0.4 is 0 Å². The van der Waals surface area contributed by atoms with Crippen LogP contribution in [0.2, 0.25) is 0 Å². The molecule has 0 saturated carbocycles. The first-order chi connectivity index (χ1) is 11.7. The molecular weight excluding hydrogens is 308 g/mol. The molecule has 4 aromatic rings. The number of aromatic nitrogens is 3. The van der Waals surface area contributed by atoms with Gasteiger partial charge in [0.05, 0.1) is 5.52 Å². The molecule has 0 unspecified atom stereocenters. The van der Waals surface area contributed by atoms with Crippen LogP contribution in [-0.4, -0.2) is 15.0 Å². The SMILES string of the molecule is Fc1ccc(C(c2ccc(F)cc2)n2nnc3ccccc32)cc1. The second-order valence-electron chi connectivity index (χ2n) is 5.53. The van der Waals surface area contributed by atoms with Crippen molar-refractivity contribution in [2.24, 2.45) is 0 Å². The Labute approximate surface area is 137 Å². The highest BCUT2D eigenvalue weighted by Gasteiger charge is 2.20. The van der Waals surface area contributed by atoms with Crippen molar-refractivity contribution in [3.8, 4) is 0 Å². The van der Waals surface area contributed by atoms with Gasteiger partial charge in [-0.25, -0.2) is 13.5 Å². The first-order valence-electron chi connectivity index (χ1n) is 7.53. The molecule has 0 bridgehead atoms. The van der Waals surface area contributed by atoms with Gasteiger partial charge in [0.2, 0.25) is 0 Å². The highest BCUT2D eigenvalue weighted by atomic mass is 19.1. The average molecular weight is 321 g/mol. The van der Waals surface area contributed by atoms with Crippen LogP contribution in [0.25, 0.3) is 11.0 Å². The van der Waals surface area contributed by atoms with E-state index >= 15 is 0 Å². The van der Waals surface area contributed by atoms with E-state index < -0.39 is 0 Å². The number of rotatable bonds is 3. The fourth-order valence-electron chi connectivity index (χ4n) is 2.84. The molecule has 0 radical (unpaired) electrons. The zero-order valence-corrected chi connectivity index (χ0v) is 12.6. The van der Waals surface area contributed by atoms with Gasteiger partial charge < -0.3 is 0 Å². The molecule has 3 nitrogen and oxygen atoms in total. The molecule has 0 atom stereocenters. The van der Waals surface area contributed by atoms with Gasteiger partial charge in [-0.3, -0.25) is 0 Å². The summed E-state index contributed by atoms with van der Waals surface area (Å²) in [7, 11) is 0. The molecular formula is C19H13F2N3. The normalized spacial score (nSPS) is 11.3. The number of benzene rings is 3. The van der Waals surface area contributed by atoms with Gasteiger partial charge in [0.25, 0.3) is 0 Å². The summed E-state index contributed by atoms with van der Waals surface area (Å²) in [4.78, 5) is 0. The van der Waals surface area contributed by atoms with Gasteiger partial charge in [0.1, 0.15) is 23.2 Å². The minimum absolute atomic E-state index is 0.306. The molecule has 3 aromatic carbocycles. The van der Waals surface area contributed by atoms with Crippen molar-refractivity contribution in [3.05, 3.63) is 95.6 Å². The van der Waals surface area contributed by atoms with Gasteiger partial charge in [0, 0.05) is 0 Å². The largest absolute Gasteiger partial charge is 0.233 e. The summed E-state index contributed by atoms with van der Waals surface area (Å²) < 4.78 is 28.4. The van der Waals surface area contributed by atoms with E-state index in [1.165, 1.54) is 24.3 Å². The van der Waals surface area contributed by atoms with Crippen LogP contribution in [0.5, 0.6) is 0 Å². The maximum atomic E-state index is 13.3. The first-order valence-corrected chi connectivity index (χ1v) is 7.53. The quantitative estimate of drug-likeness (QED) is 0.562. The Balaban J connectivity index is 1.93. The summed E-state index contributed by atoms with van der Waals surface area (Å²) >= 11 is 0. The monoisotopic (exact) mass is 321 g/mol. The van der Waals surface area contributed by atoms with E-state index in [2.05, 4.69) is 10.3 Å². The maximum Gasteiger partial charge on any atom is 0.123 e. The molecule has 0 aliphatic carbocycles. The lowest BCUT2D eigenvalue weighted by molar-refractivity contribution is 0.580. The minimum Gasteiger partial charge on any atom is -0.233 e. The van der Waals surface area contributed by atoms with E-state index in [1.54, 1.807) is 28.9 Å². The topological polar surface area (TPSA) is 30.7 Å². The van der Waals surface area contributed by atoms with Crippen LogP contribution in [0.3, 0.4) is 0 Å². The molecule has 0 aliphatic rings. The van der Waals surface area contributed by atoms with Gasteiger partial charge in [-0.2, -0.15) is 0 Å². The van der Waals surface area contributed by atoms with Crippen LogP contribution in [0.1, 0.15) is 17.2 Å². The standard InChI is InChI=1S/C19H13F2N3/c20-15-9-5-13(6-10-15)19(14-7-11-16(21)12-8-14)24-18-4-2-1-3-17(18)22-23-24/h1-12,19H. The van der Waals surface area contributed by atoms with Gasteiger partial charge in [-0.05, 0) is 47.5 Å². The van der Waals surface area contributed by atoms with Crippen LogP contribution in [0.15, 0.2) is 72.8 Å². The number of hydrogen-bond donors (Lipinski definition) is 0. The number of halogens is 2. The molecule has 5 heteroatoms. The lowest BCUT2D eigenvalue weighted by Crippen LogP contribution is -2.14. The molecule has 0 fully saturated rings. The Bertz CT molecular complexity index is 930. The van der Waals surface area contributed by atoms with Crippen LogP contribution in [0.4, 0.5) is 8.78 Å². The molecule has 0 saturated heterocycles. The Morgan fingerprint density at radius 1 is 0.708 bits per heavy atom. The van der Waals surface area contributed by atoms with E-state index in [-0.39, 0.29) is 17.7 Å². The van der Waals surface area contributed by atoms with E-state index in [0.29, 0.717) is 0 Å². The van der Waals surface area contributed by atoms with E-state index in [4.69, 9.17) is 0 Å². The molecule has 1 heterocycles. The smallest absolute Gasteiger partial charge is 0.123 e. The van der Waals surface area contributed by atoms with Gasteiger partial charge in [-0.1, -0.05) is 41.6 Å². The lowest BCUT2D eigenvalue weighted by Gasteiger charge is -2.19. The second kappa shape index (κ2) is 5.85. The number of fused-ring (bicyclic) bond motifs is 1. The number of hydrogen-bond acceptors (Lipinski definition) is 2. The van der Waals surface area contributed by atoms with Crippen LogP contribution in [0, 0.1) is 11.6 Å². The third-order valence-electron chi connectivity index (χ3n) is 3.99. The molecule has 1 aromatic heterocycles. The summed E-state index contributed by atoms with van der Waals surface area (Å²) in [6.45, 7) is 0. The van der Waals surface area contributed by atoms with E-state index in [1.807, 2.05) is 24.3 Å². The van der Waals surface area contributed by atoms with Crippen LogP contribution in [-0.2, 0) is 0 Å². The Morgan fingerprint density at radius 3 is 1.83 bits per heavy atom. The van der Waals surface area contributed by atoms with Crippen molar-refractivity contribution in [2.75, 3.05) is 0 Å². The van der Waals surface area contributed by atoms with Crippen molar-refractivity contribution < 1.29 is 8.78 Å². The summed E-state index contributed by atoms with van der Waals surface area (Å²) in [6.07, 6.45) is 0. The predicted molar refractivity (Wildman–Crippen MR) is 87.6 cm³/mol. The van der Waals surface area contributed by atoms with Crippen LogP contribution >= 0.6 is 0 Å². The number of para-hydroxylation sites is 1. The Morgan fingerprint density at radius 2 is 1.25 bits per heavy atom. The Hall–Kier alpha value is -3.08. The summed E-state index contributed by atoms with van der Waals surface area (Å²) in [6, 6.07) is 19.8. The van der Waals surface area contributed by atoms with Crippen molar-refractivity contribution in [1.29, 1.82) is 0 Å². The fourth-order valence-corrected chi connectivity index (χ4v) is 2.84. The van der Waals surface area contributed by atoms with E-state index in [0.717, 1.165) is 22.2 Å². The van der Waals surface area contributed by atoms with Crippen molar-refractivity contribution in [1.82, 2.24) is 15.0 Å². The van der Waals surface area contributed by atoms with E-state index in [9.17, 15) is 8.78 Å². The van der Waals surface area contributed by atoms with Gasteiger partial charge in [0.15, 0.2) is 0 Å².